The molecule has 3 aliphatic rings. The first-order valence-electron chi connectivity index (χ1n) is 13.2. The first-order valence-corrected chi connectivity index (χ1v) is 13.2. The van der Waals surface area contributed by atoms with Gasteiger partial charge in [-0.1, -0.05) is 18.2 Å². The van der Waals surface area contributed by atoms with Crippen molar-refractivity contribution in [3.05, 3.63) is 57.4 Å². The van der Waals surface area contributed by atoms with Gasteiger partial charge in [-0.15, -0.1) is 0 Å². The molecule has 2 fully saturated rings. The highest BCUT2D eigenvalue weighted by Gasteiger charge is 2.32. The van der Waals surface area contributed by atoms with E-state index in [9.17, 15) is 4.79 Å². The van der Waals surface area contributed by atoms with Crippen molar-refractivity contribution >= 4 is 28.0 Å². The van der Waals surface area contributed by atoms with Crippen LogP contribution in [-0.4, -0.2) is 34.7 Å². The average Bonchev–Trinajstić information content (AvgIpc) is 3.46. The lowest BCUT2D eigenvalue weighted by molar-refractivity contribution is 0.389. The van der Waals surface area contributed by atoms with E-state index in [1.165, 1.54) is 22.3 Å². The number of hydrogen-bond acceptors (Lipinski definition) is 6. The SMILES string of the molecule is Cc1c(-c2ccc3c(c2)CN[C@@H]3C)ccc2c3oc(N4C[C@@H](C)N[C@@H](C)C4)nc3c(=O)n(C3CC3)c12. The van der Waals surface area contributed by atoms with Crippen LogP contribution in [0.25, 0.3) is 33.1 Å². The first kappa shape index (κ1) is 22.1. The molecule has 186 valence electrons. The highest BCUT2D eigenvalue weighted by Crippen LogP contribution is 2.41. The largest absolute Gasteiger partial charge is 0.422 e. The molecule has 7 heteroatoms. The van der Waals surface area contributed by atoms with Crippen molar-refractivity contribution in [1.82, 2.24) is 20.2 Å². The van der Waals surface area contributed by atoms with Gasteiger partial charge in [0.25, 0.3) is 11.6 Å². The van der Waals surface area contributed by atoms with E-state index in [-0.39, 0.29) is 11.6 Å². The third-order valence-corrected chi connectivity index (χ3v) is 8.21. The van der Waals surface area contributed by atoms with Gasteiger partial charge < -0.3 is 24.5 Å². The summed E-state index contributed by atoms with van der Waals surface area (Å²) in [5.41, 5.74) is 8.25. The summed E-state index contributed by atoms with van der Waals surface area (Å²) in [4.78, 5) is 20.8. The number of oxazole rings is 1. The van der Waals surface area contributed by atoms with Crippen LogP contribution in [0.5, 0.6) is 0 Å². The van der Waals surface area contributed by atoms with E-state index in [2.05, 4.69) is 73.6 Å². The molecule has 2 aromatic heterocycles. The van der Waals surface area contributed by atoms with Gasteiger partial charge in [0.05, 0.1) is 5.52 Å². The maximum Gasteiger partial charge on any atom is 0.298 e. The van der Waals surface area contributed by atoms with Crippen LogP contribution in [0.2, 0.25) is 0 Å². The van der Waals surface area contributed by atoms with Crippen molar-refractivity contribution in [3.8, 4) is 11.1 Å². The maximum atomic E-state index is 13.8. The number of aryl methyl sites for hydroxylation is 1. The Morgan fingerprint density at radius 1 is 1.06 bits per heavy atom. The molecule has 7 rings (SSSR count). The van der Waals surface area contributed by atoms with Crippen LogP contribution < -0.4 is 21.1 Å². The van der Waals surface area contributed by atoms with E-state index in [1.54, 1.807) is 0 Å². The van der Waals surface area contributed by atoms with E-state index in [4.69, 9.17) is 9.40 Å². The topological polar surface area (TPSA) is 75.3 Å². The predicted octanol–water partition coefficient (Wildman–Crippen LogP) is 4.80. The molecule has 2 aliphatic heterocycles. The van der Waals surface area contributed by atoms with Gasteiger partial charge >= 0.3 is 0 Å². The van der Waals surface area contributed by atoms with E-state index in [0.29, 0.717) is 35.2 Å². The monoisotopic (exact) mass is 483 g/mol. The Morgan fingerprint density at radius 3 is 2.58 bits per heavy atom. The maximum absolute atomic E-state index is 13.8. The minimum Gasteiger partial charge on any atom is -0.422 e. The van der Waals surface area contributed by atoms with Crippen LogP contribution >= 0.6 is 0 Å². The molecule has 0 amide bonds. The Hall–Kier alpha value is -3.16. The Morgan fingerprint density at radius 2 is 1.83 bits per heavy atom. The summed E-state index contributed by atoms with van der Waals surface area (Å²) >= 11 is 0. The van der Waals surface area contributed by atoms with Crippen molar-refractivity contribution < 1.29 is 4.42 Å². The molecule has 0 bridgehead atoms. The summed E-state index contributed by atoms with van der Waals surface area (Å²) in [5, 5.41) is 8.06. The fourth-order valence-electron chi connectivity index (χ4n) is 6.38. The Kier molecular flexibility index (Phi) is 4.85. The highest BCUT2D eigenvalue weighted by atomic mass is 16.4. The van der Waals surface area contributed by atoms with Gasteiger partial charge in [0.1, 0.15) is 0 Å². The molecule has 1 aliphatic carbocycles. The van der Waals surface area contributed by atoms with Crippen LogP contribution in [-0.2, 0) is 6.54 Å². The molecule has 3 atom stereocenters. The van der Waals surface area contributed by atoms with E-state index < -0.39 is 0 Å². The molecule has 2 N–H and O–H groups in total. The summed E-state index contributed by atoms with van der Waals surface area (Å²) in [6.45, 7) is 11.2. The average molecular weight is 484 g/mol. The summed E-state index contributed by atoms with van der Waals surface area (Å²) in [7, 11) is 0. The number of aromatic nitrogens is 2. The lowest BCUT2D eigenvalue weighted by Gasteiger charge is -2.35. The zero-order valence-electron chi connectivity index (χ0n) is 21.4. The van der Waals surface area contributed by atoms with Crippen LogP contribution in [0.1, 0.15) is 62.4 Å². The molecule has 0 unspecified atom stereocenters. The van der Waals surface area contributed by atoms with Gasteiger partial charge in [-0.05, 0) is 80.5 Å². The standard InChI is InChI=1S/C29H33N5O2/c1-15-13-33(14-16(2)31-15)29-32-25-27(36-29)24-10-9-22(17(3)26(24)34(28(25)35)21-6-7-21)19-5-8-23-18(4)30-12-20(23)11-19/h5,8-11,15-16,18,21,30-31H,6-7,12-14H2,1-4H3/t15-,16+,18-/m1/s1. The van der Waals surface area contributed by atoms with Crippen molar-refractivity contribution in [3.63, 3.8) is 0 Å². The first-order chi connectivity index (χ1) is 17.4. The molecule has 4 aromatic rings. The number of rotatable bonds is 3. The van der Waals surface area contributed by atoms with Gasteiger partial charge in [0.15, 0.2) is 11.1 Å². The molecular weight excluding hydrogens is 450 g/mol. The quantitative estimate of drug-likeness (QED) is 0.436. The second-order valence-corrected chi connectivity index (χ2v) is 11.1. The Bertz CT molecular complexity index is 1570. The number of hydrogen-bond donors (Lipinski definition) is 2. The minimum atomic E-state index is -0.0292. The minimum absolute atomic E-state index is 0.0292. The number of pyridine rings is 1. The van der Waals surface area contributed by atoms with E-state index >= 15 is 0 Å². The zero-order valence-corrected chi connectivity index (χ0v) is 21.4. The molecule has 0 radical (unpaired) electrons. The molecule has 2 aromatic carbocycles. The lowest BCUT2D eigenvalue weighted by atomic mass is 9.94. The van der Waals surface area contributed by atoms with Gasteiger partial charge in [0.2, 0.25) is 0 Å². The van der Waals surface area contributed by atoms with Crippen LogP contribution in [0.3, 0.4) is 0 Å². The number of benzene rings is 2. The molecule has 36 heavy (non-hydrogen) atoms. The van der Waals surface area contributed by atoms with E-state index in [0.717, 1.165) is 48.9 Å². The number of nitrogens with one attached hydrogen (secondary N) is 2. The van der Waals surface area contributed by atoms with Crippen molar-refractivity contribution in [2.75, 3.05) is 18.0 Å². The molecular formula is C29H33N5O2. The van der Waals surface area contributed by atoms with Crippen LogP contribution in [0.4, 0.5) is 6.01 Å². The zero-order chi connectivity index (χ0) is 24.7. The van der Waals surface area contributed by atoms with E-state index in [1.807, 2.05) is 4.57 Å². The van der Waals surface area contributed by atoms with Gasteiger partial charge in [-0.2, -0.15) is 4.98 Å². The second-order valence-electron chi connectivity index (χ2n) is 11.1. The smallest absolute Gasteiger partial charge is 0.298 e. The summed E-state index contributed by atoms with van der Waals surface area (Å²) in [5.74, 6) is 0. The molecule has 1 saturated carbocycles. The number of anilines is 1. The second kappa shape index (κ2) is 7.92. The number of fused-ring (bicyclic) bond motifs is 4. The van der Waals surface area contributed by atoms with Gasteiger partial charge in [-0.25, -0.2) is 0 Å². The lowest BCUT2D eigenvalue weighted by Crippen LogP contribution is -2.54. The summed E-state index contributed by atoms with van der Waals surface area (Å²) in [6.07, 6.45) is 2.06. The Balaban J connectivity index is 1.43. The fraction of sp³-hybridized carbons (Fsp3) is 0.448. The molecule has 7 nitrogen and oxygen atoms in total. The fourth-order valence-corrected chi connectivity index (χ4v) is 6.38. The normalized spacial score (nSPS) is 24.1. The van der Waals surface area contributed by atoms with Gasteiger partial charge in [-0.3, -0.25) is 4.79 Å². The van der Waals surface area contributed by atoms with Crippen molar-refractivity contribution in [2.24, 2.45) is 0 Å². The Labute approximate surface area is 210 Å². The van der Waals surface area contributed by atoms with Crippen LogP contribution in [0, 0.1) is 6.92 Å². The third-order valence-electron chi connectivity index (χ3n) is 8.21. The molecule has 1 saturated heterocycles. The summed E-state index contributed by atoms with van der Waals surface area (Å²) < 4.78 is 8.39. The molecule has 0 spiro atoms. The van der Waals surface area contributed by atoms with Crippen LogP contribution in [0.15, 0.2) is 39.5 Å². The summed E-state index contributed by atoms with van der Waals surface area (Å²) in [6, 6.07) is 12.9. The highest BCUT2D eigenvalue weighted by molar-refractivity contribution is 6.04. The number of nitrogens with zero attached hydrogens (tertiary/aromatic N) is 3. The number of piperazine rings is 1. The predicted molar refractivity (Wildman–Crippen MR) is 144 cm³/mol. The van der Waals surface area contributed by atoms with Gasteiger partial charge in [0, 0.05) is 49.2 Å². The van der Waals surface area contributed by atoms with Crippen molar-refractivity contribution in [2.45, 2.75) is 71.2 Å². The molecule has 4 heterocycles. The van der Waals surface area contributed by atoms with Crippen molar-refractivity contribution in [1.29, 1.82) is 0 Å². The third kappa shape index (κ3) is 3.33.